The number of aromatic nitrogens is 2. The first-order valence-corrected chi connectivity index (χ1v) is 11.5. The number of nitrogens with zero attached hydrogens (tertiary/aromatic N) is 3. The molecule has 1 saturated carbocycles. The van der Waals surface area contributed by atoms with E-state index in [9.17, 15) is 14.0 Å². The number of pyridine rings is 2. The maximum Gasteiger partial charge on any atom is 0.265 e. The minimum Gasteiger partial charge on any atom is -0.345 e. The second-order valence-corrected chi connectivity index (χ2v) is 8.96. The van der Waals surface area contributed by atoms with E-state index in [1.165, 1.54) is 16.7 Å². The fraction of sp³-hybridized carbons (Fsp3) is 0.214. The molecule has 1 fully saturated rings. The van der Waals surface area contributed by atoms with E-state index in [2.05, 4.69) is 16.4 Å². The number of fused-ring (bicyclic) bond motifs is 1. The molecule has 1 aliphatic rings. The average molecular weight is 467 g/mol. The van der Waals surface area contributed by atoms with Crippen LogP contribution in [0.15, 0.2) is 71.7 Å². The molecule has 1 unspecified atom stereocenters. The van der Waals surface area contributed by atoms with Crippen LogP contribution in [-0.2, 0) is 6.54 Å². The van der Waals surface area contributed by atoms with E-state index in [1.807, 2.05) is 13.0 Å². The summed E-state index contributed by atoms with van der Waals surface area (Å²) >= 11 is 0. The molecule has 0 spiro atoms. The predicted octanol–water partition coefficient (Wildman–Crippen LogP) is 4.82. The van der Waals surface area contributed by atoms with Gasteiger partial charge in [0.25, 0.3) is 11.5 Å². The Kier molecular flexibility index (Phi) is 5.87. The Labute approximate surface area is 201 Å². The molecule has 5 rings (SSSR count). The summed E-state index contributed by atoms with van der Waals surface area (Å²) in [5, 5.41) is 12.6. The molecule has 0 radical (unpaired) electrons. The van der Waals surface area contributed by atoms with Crippen LogP contribution in [0.1, 0.15) is 64.3 Å². The Morgan fingerprint density at radius 1 is 1.17 bits per heavy atom. The number of halogens is 1. The zero-order valence-corrected chi connectivity index (χ0v) is 19.2. The number of carbonyl (C=O) groups excluding carboxylic acids is 1. The molecular formula is C28H23FN4O2. The van der Waals surface area contributed by atoms with Gasteiger partial charge in [-0.1, -0.05) is 24.3 Å². The van der Waals surface area contributed by atoms with E-state index in [1.54, 1.807) is 48.7 Å². The fourth-order valence-corrected chi connectivity index (χ4v) is 4.21. The van der Waals surface area contributed by atoms with Crippen molar-refractivity contribution in [2.45, 2.75) is 38.3 Å². The molecule has 0 bridgehead atoms. The van der Waals surface area contributed by atoms with Gasteiger partial charge in [-0.05, 0) is 78.8 Å². The molecule has 0 saturated heterocycles. The summed E-state index contributed by atoms with van der Waals surface area (Å²) in [6.45, 7) is 1.99. The third-order valence-electron chi connectivity index (χ3n) is 6.38. The van der Waals surface area contributed by atoms with Gasteiger partial charge in [-0.2, -0.15) is 5.26 Å². The van der Waals surface area contributed by atoms with Crippen molar-refractivity contribution in [1.29, 1.82) is 5.26 Å². The molecule has 2 heterocycles. The van der Waals surface area contributed by atoms with Crippen LogP contribution in [-0.4, -0.2) is 15.5 Å². The molecular weight excluding hydrogens is 443 g/mol. The van der Waals surface area contributed by atoms with Gasteiger partial charge in [-0.25, -0.2) is 9.37 Å². The second-order valence-electron chi connectivity index (χ2n) is 8.96. The smallest absolute Gasteiger partial charge is 0.265 e. The summed E-state index contributed by atoms with van der Waals surface area (Å²) in [7, 11) is 0. The molecule has 4 aromatic rings. The molecule has 35 heavy (non-hydrogen) atoms. The summed E-state index contributed by atoms with van der Waals surface area (Å²) in [6, 6.07) is 18.2. The van der Waals surface area contributed by atoms with Crippen LogP contribution in [0.4, 0.5) is 4.39 Å². The van der Waals surface area contributed by atoms with Crippen LogP contribution in [0.3, 0.4) is 0 Å². The molecule has 1 aliphatic carbocycles. The van der Waals surface area contributed by atoms with Gasteiger partial charge in [0.05, 0.1) is 24.2 Å². The van der Waals surface area contributed by atoms with Crippen LogP contribution < -0.4 is 10.9 Å². The van der Waals surface area contributed by atoms with Crippen molar-refractivity contribution in [1.82, 2.24) is 14.9 Å². The lowest BCUT2D eigenvalue weighted by Crippen LogP contribution is -2.35. The number of nitriles is 1. The maximum atomic E-state index is 13.5. The number of benzene rings is 2. The molecule has 7 heteroatoms. The first-order chi connectivity index (χ1) is 16.9. The summed E-state index contributed by atoms with van der Waals surface area (Å²) in [4.78, 5) is 31.3. The molecule has 1 amide bonds. The zero-order chi connectivity index (χ0) is 24.5. The Morgan fingerprint density at radius 3 is 2.54 bits per heavy atom. The number of hydrogen-bond donors (Lipinski definition) is 1. The minimum atomic E-state index is -0.488. The molecule has 174 valence electrons. The van der Waals surface area contributed by atoms with Crippen LogP contribution in [0.25, 0.3) is 11.0 Å². The lowest BCUT2D eigenvalue weighted by Gasteiger charge is -2.16. The highest BCUT2D eigenvalue weighted by atomic mass is 19.1. The molecule has 2 aromatic heterocycles. The fourth-order valence-electron chi connectivity index (χ4n) is 4.21. The van der Waals surface area contributed by atoms with Crippen LogP contribution in [0.2, 0.25) is 0 Å². The predicted molar refractivity (Wildman–Crippen MR) is 131 cm³/mol. The Morgan fingerprint density at radius 2 is 1.89 bits per heavy atom. The van der Waals surface area contributed by atoms with Gasteiger partial charge in [0.1, 0.15) is 17.0 Å². The van der Waals surface area contributed by atoms with Gasteiger partial charge >= 0.3 is 0 Å². The van der Waals surface area contributed by atoms with E-state index >= 15 is 0 Å². The lowest BCUT2D eigenvalue weighted by atomic mass is 10.1. The maximum absolute atomic E-state index is 13.5. The normalized spacial score (nSPS) is 13.9. The number of nitrogens with one attached hydrogen (secondary N) is 1. The van der Waals surface area contributed by atoms with Gasteiger partial charge in [0.15, 0.2) is 0 Å². The van der Waals surface area contributed by atoms with Crippen molar-refractivity contribution in [2.75, 3.05) is 0 Å². The van der Waals surface area contributed by atoms with E-state index in [-0.39, 0.29) is 24.0 Å². The van der Waals surface area contributed by atoms with Crippen LogP contribution >= 0.6 is 0 Å². The van der Waals surface area contributed by atoms with Crippen molar-refractivity contribution in [3.63, 3.8) is 0 Å². The van der Waals surface area contributed by atoms with Crippen molar-refractivity contribution < 1.29 is 9.18 Å². The van der Waals surface area contributed by atoms with Gasteiger partial charge in [-0.3, -0.25) is 14.2 Å². The highest BCUT2D eigenvalue weighted by Crippen LogP contribution is 2.40. The first-order valence-electron chi connectivity index (χ1n) is 11.5. The Hall–Kier alpha value is -4.31. The number of amides is 1. The zero-order valence-electron chi connectivity index (χ0n) is 19.2. The Balaban J connectivity index is 1.53. The highest BCUT2D eigenvalue weighted by molar-refractivity contribution is 5.97. The molecule has 2 aromatic carbocycles. The number of carbonyl (C=O) groups is 1. The summed E-state index contributed by atoms with van der Waals surface area (Å²) in [5.41, 5.74) is 3.23. The van der Waals surface area contributed by atoms with Gasteiger partial charge in [0, 0.05) is 11.6 Å². The van der Waals surface area contributed by atoms with E-state index in [0.717, 1.165) is 29.5 Å². The van der Waals surface area contributed by atoms with Gasteiger partial charge < -0.3 is 5.32 Å². The quantitative estimate of drug-likeness (QED) is 0.441. The van der Waals surface area contributed by atoms with Crippen LogP contribution in [0, 0.1) is 17.1 Å². The molecule has 1 N–H and O–H groups in total. The van der Waals surface area contributed by atoms with E-state index in [0.29, 0.717) is 22.5 Å². The lowest BCUT2D eigenvalue weighted by molar-refractivity contribution is 0.0938. The largest absolute Gasteiger partial charge is 0.345 e. The van der Waals surface area contributed by atoms with Crippen molar-refractivity contribution in [3.05, 3.63) is 111 Å². The monoisotopic (exact) mass is 466 g/mol. The number of hydrogen-bond acceptors (Lipinski definition) is 4. The SMILES string of the molecule is CC(NC(=O)c1cc2cc(C3CC3)cnc2n(Cc2ccc(F)cc2)c1=O)c1ccc(C#N)cc1. The molecule has 1 atom stereocenters. The molecule has 0 aliphatic heterocycles. The summed E-state index contributed by atoms with van der Waals surface area (Å²) in [5.74, 6) is -0.375. The first kappa shape index (κ1) is 22.5. The number of rotatable bonds is 6. The van der Waals surface area contributed by atoms with Crippen LogP contribution in [0.5, 0.6) is 0 Å². The third kappa shape index (κ3) is 4.69. The van der Waals surface area contributed by atoms with Crippen molar-refractivity contribution in [3.8, 4) is 6.07 Å². The highest BCUT2D eigenvalue weighted by Gasteiger charge is 2.25. The van der Waals surface area contributed by atoms with Gasteiger partial charge in [0.2, 0.25) is 0 Å². The molecule has 6 nitrogen and oxygen atoms in total. The van der Waals surface area contributed by atoms with E-state index < -0.39 is 11.5 Å². The summed E-state index contributed by atoms with van der Waals surface area (Å²) in [6.07, 6.45) is 4.02. The third-order valence-corrected chi connectivity index (χ3v) is 6.38. The average Bonchev–Trinajstić information content (AvgIpc) is 3.72. The minimum absolute atomic E-state index is 0.0230. The van der Waals surface area contributed by atoms with Crippen molar-refractivity contribution in [2.24, 2.45) is 0 Å². The van der Waals surface area contributed by atoms with Gasteiger partial charge in [-0.15, -0.1) is 0 Å². The Bertz CT molecular complexity index is 1510. The summed E-state index contributed by atoms with van der Waals surface area (Å²) < 4.78 is 14.9. The topological polar surface area (TPSA) is 87.8 Å². The van der Waals surface area contributed by atoms with E-state index in [4.69, 9.17) is 5.26 Å². The van der Waals surface area contributed by atoms with Crippen molar-refractivity contribution >= 4 is 16.9 Å². The standard InChI is InChI=1S/C28H23FN4O2/c1-17(20-6-2-18(14-30)3-7-20)32-27(34)25-13-22-12-23(21-8-9-21)15-31-26(22)33(28(25)35)16-19-4-10-24(29)11-5-19/h2-7,10-13,15,17,21H,8-9,16H2,1H3,(H,32,34). The second kappa shape index (κ2) is 9.15.